The van der Waals surface area contributed by atoms with Crippen LogP contribution in [0.25, 0.3) is 0 Å². The molecule has 0 heterocycles. The maximum absolute atomic E-state index is 13.5. The fourth-order valence-corrected chi connectivity index (χ4v) is 2.91. The molecule has 20 heavy (non-hydrogen) atoms. The highest BCUT2D eigenvalue weighted by Gasteiger charge is 2.19. The maximum atomic E-state index is 13.5. The van der Waals surface area contributed by atoms with Crippen LogP contribution in [0.1, 0.15) is 28.3 Å². The predicted octanol–water partition coefficient (Wildman–Crippen LogP) is 4.26. The Hall–Kier alpha value is -1.39. The van der Waals surface area contributed by atoms with Crippen molar-refractivity contribution in [2.45, 2.75) is 19.9 Å². The van der Waals surface area contributed by atoms with Crippen molar-refractivity contribution in [2.24, 2.45) is 5.73 Å². The molecule has 0 aliphatic rings. The van der Waals surface area contributed by atoms with Crippen LogP contribution in [0.3, 0.4) is 0 Å². The highest BCUT2D eigenvalue weighted by atomic mass is 79.9. The van der Waals surface area contributed by atoms with E-state index in [0.717, 1.165) is 26.9 Å². The molecule has 4 heteroatoms. The Morgan fingerprint density at radius 3 is 2.55 bits per heavy atom. The largest absolute Gasteiger partial charge is 0.496 e. The van der Waals surface area contributed by atoms with Crippen LogP contribution in [0, 0.1) is 19.7 Å². The summed E-state index contributed by atoms with van der Waals surface area (Å²) in [6.45, 7) is 3.99. The Balaban J connectivity index is 2.58. The van der Waals surface area contributed by atoms with Gasteiger partial charge in [-0.1, -0.05) is 22.0 Å². The van der Waals surface area contributed by atoms with Crippen LogP contribution in [0.4, 0.5) is 4.39 Å². The average molecular weight is 338 g/mol. The quantitative estimate of drug-likeness (QED) is 0.907. The molecule has 0 radical (unpaired) electrons. The molecule has 1 unspecified atom stereocenters. The highest BCUT2D eigenvalue weighted by Crippen LogP contribution is 2.35. The molecule has 0 saturated heterocycles. The van der Waals surface area contributed by atoms with Crippen LogP contribution in [0.2, 0.25) is 0 Å². The fraction of sp³-hybridized carbons (Fsp3) is 0.250. The van der Waals surface area contributed by atoms with E-state index in [1.165, 1.54) is 12.1 Å². The van der Waals surface area contributed by atoms with Gasteiger partial charge in [-0.25, -0.2) is 4.39 Å². The van der Waals surface area contributed by atoms with Crippen molar-refractivity contribution in [1.29, 1.82) is 0 Å². The molecule has 2 aromatic rings. The van der Waals surface area contributed by atoms with Gasteiger partial charge in [-0.05, 0) is 54.8 Å². The zero-order valence-corrected chi connectivity index (χ0v) is 13.3. The molecule has 0 aromatic heterocycles. The van der Waals surface area contributed by atoms with E-state index in [1.807, 2.05) is 26.0 Å². The van der Waals surface area contributed by atoms with Gasteiger partial charge in [-0.15, -0.1) is 0 Å². The second kappa shape index (κ2) is 5.94. The Bertz CT molecular complexity index is 643. The Labute approximate surface area is 126 Å². The summed E-state index contributed by atoms with van der Waals surface area (Å²) in [5.41, 5.74) is 10.1. The van der Waals surface area contributed by atoms with Gasteiger partial charge in [0.1, 0.15) is 11.6 Å². The second-order valence-electron chi connectivity index (χ2n) is 4.84. The topological polar surface area (TPSA) is 35.2 Å². The number of hydrogen-bond donors (Lipinski definition) is 1. The first kappa shape index (κ1) is 15.0. The normalized spacial score (nSPS) is 12.3. The Morgan fingerprint density at radius 2 is 1.90 bits per heavy atom. The zero-order valence-electron chi connectivity index (χ0n) is 11.7. The summed E-state index contributed by atoms with van der Waals surface area (Å²) in [4.78, 5) is 0. The lowest BCUT2D eigenvalue weighted by Crippen LogP contribution is -2.15. The van der Waals surface area contributed by atoms with E-state index >= 15 is 0 Å². The third-order valence-corrected chi connectivity index (χ3v) is 4.04. The molecule has 106 valence electrons. The van der Waals surface area contributed by atoms with Crippen molar-refractivity contribution < 1.29 is 9.13 Å². The van der Waals surface area contributed by atoms with Crippen LogP contribution in [0.5, 0.6) is 5.75 Å². The lowest BCUT2D eigenvalue weighted by Gasteiger charge is -2.20. The van der Waals surface area contributed by atoms with Crippen molar-refractivity contribution in [2.75, 3.05) is 7.11 Å². The number of halogens is 2. The first-order valence-electron chi connectivity index (χ1n) is 6.29. The van der Waals surface area contributed by atoms with Crippen molar-refractivity contribution in [3.8, 4) is 5.75 Å². The van der Waals surface area contributed by atoms with E-state index in [1.54, 1.807) is 13.2 Å². The van der Waals surface area contributed by atoms with Crippen molar-refractivity contribution in [1.82, 2.24) is 0 Å². The molecule has 0 aliphatic heterocycles. The van der Waals surface area contributed by atoms with Crippen LogP contribution in [0.15, 0.2) is 34.8 Å². The van der Waals surface area contributed by atoms with Gasteiger partial charge in [0.05, 0.1) is 13.2 Å². The second-order valence-corrected chi connectivity index (χ2v) is 5.70. The minimum absolute atomic E-state index is 0.303. The molecule has 2 rings (SSSR count). The SMILES string of the molecule is COc1cc(C)cc(C)c1C(N)c1cc(F)ccc1Br. The van der Waals surface area contributed by atoms with Crippen LogP contribution < -0.4 is 10.5 Å². The van der Waals surface area contributed by atoms with Gasteiger partial charge in [0.25, 0.3) is 0 Å². The van der Waals surface area contributed by atoms with Gasteiger partial charge < -0.3 is 10.5 Å². The highest BCUT2D eigenvalue weighted by molar-refractivity contribution is 9.10. The van der Waals surface area contributed by atoms with Gasteiger partial charge in [0.2, 0.25) is 0 Å². The number of hydrogen-bond acceptors (Lipinski definition) is 2. The number of rotatable bonds is 3. The number of nitrogens with two attached hydrogens (primary N) is 1. The predicted molar refractivity (Wildman–Crippen MR) is 82.6 cm³/mol. The Morgan fingerprint density at radius 1 is 1.20 bits per heavy atom. The summed E-state index contributed by atoms with van der Waals surface area (Å²) in [7, 11) is 1.62. The van der Waals surface area contributed by atoms with Crippen molar-refractivity contribution >= 4 is 15.9 Å². The van der Waals surface area contributed by atoms with E-state index in [4.69, 9.17) is 10.5 Å². The third kappa shape index (κ3) is 2.86. The number of benzene rings is 2. The van der Waals surface area contributed by atoms with Crippen LogP contribution in [-0.4, -0.2) is 7.11 Å². The minimum Gasteiger partial charge on any atom is -0.496 e. The molecule has 0 aliphatic carbocycles. The fourth-order valence-electron chi connectivity index (χ4n) is 2.42. The maximum Gasteiger partial charge on any atom is 0.124 e. The third-order valence-electron chi connectivity index (χ3n) is 3.32. The van der Waals surface area contributed by atoms with E-state index < -0.39 is 6.04 Å². The molecule has 0 fully saturated rings. The van der Waals surface area contributed by atoms with E-state index in [2.05, 4.69) is 15.9 Å². The first-order chi connectivity index (χ1) is 9.43. The van der Waals surface area contributed by atoms with E-state index in [9.17, 15) is 4.39 Å². The van der Waals surface area contributed by atoms with Gasteiger partial charge in [0.15, 0.2) is 0 Å². The summed E-state index contributed by atoms with van der Waals surface area (Å²) < 4.78 is 19.7. The van der Waals surface area contributed by atoms with Gasteiger partial charge in [-0.2, -0.15) is 0 Å². The summed E-state index contributed by atoms with van der Waals surface area (Å²) in [5, 5.41) is 0. The molecular formula is C16H17BrFNO. The molecule has 0 bridgehead atoms. The van der Waals surface area contributed by atoms with Crippen LogP contribution in [-0.2, 0) is 0 Å². The summed E-state index contributed by atoms with van der Waals surface area (Å²) in [6, 6.07) is 8.06. The standard InChI is InChI=1S/C16H17BrFNO/c1-9-6-10(2)15(14(7-9)20-3)16(19)12-8-11(18)4-5-13(12)17/h4-8,16H,19H2,1-3H3. The Kier molecular flexibility index (Phi) is 4.45. The summed E-state index contributed by atoms with van der Waals surface area (Å²) >= 11 is 3.43. The first-order valence-corrected chi connectivity index (χ1v) is 7.09. The monoisotopic (exact) mass is 337 g/mol. The molecule has 0 saturated carbocycles. The van der Waals surface area contributed by atoms with Crippen molar-refractivity contribution in [3.05, 3.63) is 62.9 Å². The molecular weight excluding hydrogens is 321 g/mol. The van der Waals surface area contributed by atoms with Crippen molar-refractivity contribution in [3.63, 3.8) is 0 Å². The molecule has 2 N–H and O–H groups in total. The van der Waals surface area contributed by atoms with Gasteiger partial charge in [-0.3, -0.25) is 0 Å². The summed E-state index contributed by atoms with van der Waals surface area (Å²) in [5.74, 6) is 0.425. The molecule has 0 spiro atoms. The average Bonchev–Trinajstić information content (AvgIpc) is 2.40. The zero-order chi connectivity index (χ0) is 14.9. The number of ether oxygens (including phenoxy) is 1. The molecule has 1 atom stereocenters. The summed E-state index contributed by atoms with van der Waals surface area (Å²) in [6.07, 6.45) is 0. The smallest absolute Gasteiger partial charge is 0.124 e. The van der Waals surface area contributed by atoms with Gasteiger partial charge in [0, 0.05) is 10.0 Å². The van der Waals surface area contributed by atoms with E-state index in [0.29, 0.717) is 5.56 Å². The lowest BCUT2D eigenvalue weighted by atomic mass is 9.93. The lowest BCUT2D eigenvalue weighted by molar-refractivity contribution is 0.407. The molecule has 2 nitrogen and oxygen atoms in total. The van der Waals surface area contributed by atoms with Crippen LogP contribution >= 0.6 is 15.9 Å². The van der Waals surface area contributed by atoms with Gasteiger partial charge >= 0.3 is 0 Å². The van der Waals surface area contributed by atoms with E-state index in [-0.39, 0.29) is 5.82 Å². The minimum atomic E-state index is -0.448. The number of aryl methyl sites for hydroxylation is 2. The number of methoxy groups -OCH3 is 1. The molecule has 0 amide bonds. The molecule has 2 aromatic carbocycles.